The zero-order valence-electron chi connectivity index (χ0n) is 6.45. The maximum Gasteiger partial charge on any atom is 0.0352 e. The first-order valence-corrected chi connectivity index (χ1v) is 3.56. The quantitative estimate of drug-likeness (QED) is 0.523. The summed E-state index contributed by atoms with van der Waals surface area (Å²) < 4.78 is 0. The Morgan fingerprint density at radius 3 is 2.80 bits per heavy atom. The average Bonchev–Trinajstić information content (AvgIpc) is 1.95. The fourth-order valence-corrected chi connectivity index (χ4v) is 0.961. The highest BCUT2D eigenvalue weighted by atomic mass is 15.2. The van der Waals surface area contributed by atoms with Crippen LogP contribution in [0.15, 0.2) is 25.1 Å². The average molecular weight is 138 g/mol. The maximum absolute atomic E-state index is 3.68. The van der Waals surface area contributed by atoms with Crippen molar-refractivity contribution in [1.82, 2.24) is 9.80 Å². The third kappa shape index (κ3) is 1.79. The van der Waals surface area contributed by atoms with Crippen LogP contribution in [0, 0.1) is 0 Å². The molecular formula is C8H14N2. The third-order valence-electron chi connectivity index (χ3n) is 1.64. The first-order chi connectivity index (χ1) is 4.83. The summed E-state index contributed by atoms with van der Waals surface area (Å²) >= 11 is 0. The van der Waals surface area contributed by atoms with Crippen molar-refractivity contribution in [2.75, 3.05) is 26.7 Å². The standard InChI is InChI=1S/C8H14N2/c1-3-4-10-7-5-9(2)6-8-10/h3,5,7H,1,4,6,8H2,2H3. The Labute approximate surface area is 62.4 Å². The van der Waals surface area contributed by atoms with E-state index in [4.69, 9.17) is 0 Å². The van der Waals surface area contributed by atoms with Crippen LogP contribution in [0.25, 0.3) is 0 Å². The van der Waals surface area contributed by atoms with E-state index in [1.54, 1.807) is 0 Å². The van der Waals surface area contributed by atoms with Crippen LogP contribution in [0.4, 0.5) is 0 Å². The fraction of sp³-hybridized carbons (Fsp3) is 0.500. The van der Waals surface area contributed by atoms with E-state index in [0.717, 1.165) is 19.6 Å². The molecule has 1 heterocycles. The molecule has 0 unspecified atom stereocenters. The summed E-state index contributed by atoms with van der Waals surface area (Å²) in [7, 11) is 2.09. The Bertz CT molecular complexity index is 140. The van der Waals surface area contributed by atoms with E-state index in [0.29, 0.717) is 0 Å². The highest BCUT2D eigenvalue weighted by molar-refractivity contribution is 4.90. The molecule has 0 spiro atoms. The van der Waals surface area contributed by atoms with Crippen molar-refractivity contribution in [2.45, 2.75) is 0 Å². The molecule has 1 rings (SSSR count). The van der Waals surface area contributed by atoms with Crippen molar-refractivity contribution < 1.29 is 0 Å². The SMILES string of the molecule is C=CCN1C=CN(C)CC1. The Morgan fingerprint density at radius 2 is 2.30 bits per heavy atom. The van der Waals surface area contributed by atoms with Gasteiger partial charge in [0.1, 0.15) is 0 Å². The Hall–Kier alpha value is -0.920. The van der Waals surface area contributed by atoms with Gasteiger partial charge in [-0.25, -0.2) is 0 Å². The molecule has 1 aliphatic heterocycles. The molecule has 0 atom stereocenters. The maximum atomic E-state index is 3.68. The normalized spacial score (nSPS) is 17.7. The first kappa shape index (κ1) is 7.19. The van der Waals surface area contributed by atoms with Crippen LogP contribution in [-0.2, 0) is 0 Å². The number of nitrogens with zero attached hydrogens (tertiary/aromatic N) is 2. The minimum absolute atomic E-state index is 0.963. The smallest absolute Gasteiger partial charge is 0.0352 e. The highest BCUT2D eigenvalue weighted by Crippen LogP contribution is 1.99. The molecule has 0 radical (unpaired) electrons. The molecule has 10 heavy (non-hydrogen) atoms. The molecule has 0 aliphatic carbocycles. The van der Waals surface area contributed by atoms with Crippen molar-refractivity contribution in [3.8, 4) is 0 Å². The summed E-state index contributed by atoms with van der Waals surface area (Å²) in [5.74, 6) is 0. The number of hydrogen-bond acceptors (Lipinski definition) is 2. The molecule has 0 aromatic carbocycles. The summed E-state index contributed by atoms with van der Waals surface area (Å²) in [5.41, 5.74) is 0. The third-order valence-corrected chi connectivity index (χ3v) is 1.64. The molecule has 0 bridgehead atoms. The molecule has 56 valence electrons. The van der Waals surface area contributed by atoms with Crippen molar-refractivity contribution in [3.05, 3.63) is 25.1 Å². The Kier molecular flexibility index (Phi) is 2.37. The zero-order chi connectivity index (χ0) is 7.40. The molecule has 0 aromatic heterocycles. The summed E-state index contributed by atoms with van der Waals surface area (Å²) in [5, 5.41) is 0. The molecule has 0 fully saturated rings. The van der Waals surface area contributed by atoms with Crippen LogP contribution in [0.3, 0.4) is 0 Å². The fourth-order valence-electron chi connectivity index (χ4n) is 0.961. The minimum atomic E-state index is 0.963. The summed E-state index contributed by atoms with van der Waals surface area (Å²) in [6, 6.07) is 0. The lowest BCUT2D eigenvalue weighted by molar-refractivity contribution is 0.307. The summed E-state index contributed by atoms with van der Waals surface area (Å²) in [4.78, 5) is 4.42. The van der Waals surface area contributed by atoms with Gasteiger partial charge in [0.15, 0.2) is 0 Å². The largest absolute Gasteiger partial charge is 0.377 e. The molecule has 0 aromatic rings. The predicted molar refractivity (Wildman–Crippen MR) is 43.5 cm³/mol. The second-order valence-corrected chi connectivity index (χ2v) is 2.56. The van der Waals surface area contributed by atoms with E-state index >= 15 is 0 Å². The van der Waals surface area contributed by atoms with Crippen molar-refractivity contribution in [3.63, 3.8) is 0 Å². The topological polar surface area (TPSA) is 6.48 Å². The van der Waals surface area contributed by atoms with E-state index in [1.807, 2.05) is 6.08 Å². The van der Waals surface area contributed by atoms with E-state index in [9.17, 15) is 0 Å². The summed E-state index contributed by atoms with van der Waals surface area (Å²) in [6.45, 7) is 6.87. The van der Waals surface area contributed by atoms with Gasteiger partial charge >= 0.3 is 0 Å². The van der Waals surface area contributed by atoms with Crippen LogP contribution >= 0.6 is 0 Å². The van der Waals surface area contributed by atoms with Gasteiger partial charge in [0.25, 0.3) is 0 Å². The molecule has 0 N–H and O–H groups in total. The van der Waals surface area contributed by atoms with Gasteiger partial charge in [-0.2, -0.15) is 0 Å². The number of rotatable bonds is 2. The van der Waals surface area contributed by atoms with Gasteiger partial charge in [-0.05, 0) is 0 Å². The van der Waals surface area contributed by atoms with E-state index < -0.39 is 0 Å². The van der Waals surface area contributed by atoms with E-state index in [2.05, 4.69) is 35.8 Å². The van der Waals surface area contributed by atoms with Gasteiger partial charge in [-0.1, -0.05) is 6.08 Å². The second-order valence-electron chi connectivity index (χ2n) is 2.56. The molecule has 0 saturated carbocycles. The monoisotopic (exact) mass is 138 g/mol. The lowest BCUT2D eigenvalue weighted by atomic mass is 10.4. The van der Waals surface area contributed by atoms with Crippen molar-refractivity contribution in [1.29, 1.82) is 0 Å². The first-order valence-electron chi connectivity index (χ1n) is 3.56. The number of likely N-dealkylation sites (N-methyl/N-ethyl adjacent to an activating group) is 1. The number of hydrogen-bond donors (Lipinski definition) is 0. The lowest BCUT2D eigenvalue weighted by Crippen LogP contribution is -2.32. The highest BCUT2D eigenvalue weighted by Gasteiger charge is 2.02. The van der Waals surface area contributed by atoms with Crippen molar-refractivity contribution in [2.24, 2.45) is 0 Å². The molecular weight excluding hydrogens is 124 g/mol. The molecule has 0 amide bonds. The van der Waals surface area contributed by atoms with Gasteiger partial charge in [-0.15, -0.1) is 6.58 Å². The second kappa shape index (κ2) is 3.30. The molecule has 0 saturated heterocycles. The van der Waals surface area contributed by atoms with Crippen LogP contribution in [0.2, 0.25) is 0 Å². The van der Waals surface area contributed by atoms with Gasteiger partial charge < -0.3 is 9.80 Å². The van der Waals surface area contributed by atoms with Gasteiger partial charge in [0.05, 0.1) is 0 Å². The molecule has 2 nitrogen and oxygen atoms in total. The molecule has 1 aliphatic rings. The minimum Gasteiger partial charge on any atom is -0.377 e. The Balaban J connectivity index is 2.37. The van der Waals surface area contributed by atoms with Crippen molar-refractivity contribution >= 4 is 0 Å². The van der Waals surface area contributed by atoms with Crippen LogP contribution < -0.4 is 0 Å². The van der Waals surface area contributed by atoms with Gasteiger partial charge in [-0.3, -0.25) is 0 Å². The predicted octanol–water partition coefficient (Wildman–Crippen LogP) is 0.891. The zero-order valence-corrected chi connectivity index (χ0v) is 6.45. The van der Waals surface area contributed by atoms with E-state index in [-0.39, 0.29) is 0 Å². The summed E-state index contributed by atoms with van der Waals surface area (Å²) in [6.07, 6.45) is 6.12. The van der Waals surface area contributed by atoms with Gasteiger partial charge in [0, 0.05) is 39.1 Å². The lowest BCUT2D eigenvalue weighted by Gasteiger charge is -2.27. The van der Waals surface area contributed by atoms with Gasteiger partial charge in [0.2, 0.25) is 0 Å². The van der Waals surface area contributed by atoms with Crippen LogP contribution in [-0.4, -0.2) is 36.5 Å². The Morgan fingerprint density at radius 1 is 1.50 bits per heavy atom. The van der Waals surface area contributed by atoms with E-state index in [1.165, 1.54) is 0 Å². The van der Waals surface area contributed by atoms with Crippen LogP contribution in [0.1, 0.15) is 0 Å². The van der Waals surface area contributed by atoms with Crippen LogP contribution in [0.5, 0.6) is 0 Å². The molecule has 2 heteroatoms.